The minimum atomic E-state index is -0.183. The summed E-state index contributed by atoms with van der Waals surface area (Å²) in [4.78, 5) is 14.3. The molecule has 24 heavy (non-hydrogen) atoms. The van der Waals surface area contributed by atoms with Crippen LogP contribution in [0.25, 0.3) is 0 Å². The number of carbonyl (C=O) groups is 1. The van der Waals surface area contributed by atoms with Gasteiger partial charge in [-0.2, -0.15) is 0 Å². The van der Waals surface area contributed by atoms with Crippen molar-refractivity contribution in [1.29, 1.82) is 0 Å². The molecule has 0 aliphatic heterocycles. The van der Waals surface area contributed by atoms with Crippen molar-refractivity contribution in [3.05, 3.63) is 34.9 Å². The van der Waals surface area contributed by atoms with E-state index in [1.54, 1.807) is 0 Å². The standard InChI is InChI=1S/C20H33NO3/c1-6-17-11-10-12-18(19(17)7-2)15-20(22)24-14-13-23-16(5)21(8-3)9-4/h10-12,16H,6-9,13-15H2,1-5H3. The van der Waals surface area contributed by atoms with Gasteiger partial charge in [-0.1, -0.05) is 45.9 Å². The van der Waals surface area contributed by atoms with Crippen LogP contribution >= 0.6 is 0 Å². The minimum absolute atomic E-state index is 0.0478. The van der Waals surface area contributed by atoms with E-state index in [2.05, 4.69) is 38.7 Å². The van der Waals surface area contributed by atoms with Crippen LogP contribution in [0.3, 0.4) is 0 Å². The van der Waals surface area contributed by atoms with Crippen molar-refractivity contribution >= 4 is 5.97 Å². The molecule has 0 fully saturated rings. The van der Waals surface area contributed by atoms with Gasteiger partial charge in [0, 0.05) is 0 Å². The highest BCUT2D eigenvalue weighted by molar-refractivity contribution is 5.73. The molecule has 0 spiro atoms. The highest BCUT2D eigenvalue weighted by Crippen LogP contribution is 2.17. The average molecular weight is 335 g/mol. The molecule has 1 rings (SSSR count). The zero-order valence-corrected chi connectivity index (χ0v) is 15.9. The van der Waals surface area contributed by atoms with Crippen molar-refractivity contribution < 1.29 is 14.3 Å². The molecule has 4 heteroatoms. The summed E-state index contributed by atoms with van der Waals surface area (Å²) in [7, 11) is 0. The number of benzene rings is 1. The molecule has 1 atom stereocenters. The molecule has 1 unspecified atom stereocenters. The third kappa shape index (κ3) is 6.25. The number of hydrogen-bond acceptors (Lipinski definition) is 4. The summed E-state index contributed by atoms with van der Waals surface area (Å²) in [5.41, 5.74) is 3.68. The molecular weight excluding hydrogens is 302 g/mol. The number of carbonyl (C=O) groups excluding carboxylic acids is 1. The molecular formula is C20H33NO3. The Morgan fingerprint density at radius 2 is 1.71 bits per heavy atom. The maximum absolute atomic E-state index is 12.1. The molecule has 0 N–H and O–H groups in total. The normalized spacial score (nSPS) is 12.4. The smallest absolute Gasteiger partial charge is 0.310 e. The fourth-order valence-electron chi connectivity index (χ4n) is 3.06. The summed E-state index contributed by atoms with van der Waals surface area (Å²) in [6.07, 6.45) is 2.31. The largest absolute Gasteiger partial charge is 0.463 e. The van der Waals surface area contributed by atoms with Gasteiger partial charge < -0.3 is 9.47 Å². The van der Waals surface area contributed by atoms with Crippen LogP contribution in [-0.4, -0.2) is 43.4 Å². The Hall–Kier alpha value is -1.39. The van der Waals surface area contributed by atoms with Crippen molar-refractivity contribution in [2.24, 2.45) is 0 Å². The third-order valence-corrected chi connectivity index (χ3v) is 4.47. The maximum atomic E-state index is 12.1. The monoisotopic (exact) mass is 335 g/mol. The van der Waals surface area contributed by atoms with Crippen molar-refractivity contribution in [2.45, 2.75) is 60.1 Å². The Morgan fingerprint density at radius 3 is 2.29 bits per heavy atom. The summed E-state index contributed by atoms with van der Waals surface area (Å²) in [5, 5.41) is 0. The molecule has 0 aliphatic rings. The fraction of sp³-hybridized carbons (Fsp3) is 0.650. The number of hydrogen-bond donors (Lipinski definition) is 0. The average Bonchev–Trinajstić information content (AvgIpc) is 2.59. The third-order valence-electron chi connectivity index (χ3n) is 4.47. The van der Waals surface area contributed by atoms with Crippen LogP contribution in [0.5, 0.6) is 0 Å². The predicted molar refractivity (Wildman–Crippen MR) is 98.2 cm³/mol. The van der Waals surface area contributed by atoms with Crippen molar-refractivity contribution in [3.8, 4) is 0 Å². The van der Waals surface area contributed by atoms with E-state index in [4.69, 9.17) is 9.47 Å². The molecule has 0 heterocycles. The fourth-order valence-corrected chi connectivity index (χ4v) is 3.06. The first-order valence-corrected chi connectivity index (χ1v) is 9.18. The lowest BCUT2D eigenvalue weighted by Crippen LogP contribution is -2.35. The molecule has 0 bridgehead atoms. The van der Waals surface area contributed by atoms with Gasteiger partial charge in [0.1, 0.15) is 12.8 Å². The summed E-state index contributed by atoms with van der Waals surface area (Å²) in [5.74, 6) is -0.183. The Bertz CT molecular complexity index is 498. The Balaban J connectivity index is 2.42. The van der Waals surface area contributed by atoms with Gasteiger partial charge in [0.2, 0.25) is 0 Å². The van der Waals surface area contributed by atoms with Crippen LogP contribution in [0, 0.1) is 0 Å². The highest BCUT2D eigenvalue weighted by Gasteiger charge is 2.12. The maximum Gasteiger partial charge on any atom is 0.310 e. The molecule has 0 saturated heterocycles. The first kappa shape index (κ1) is 20.7. The quantitative estimate of drug-likeness (QED) is 0.352. The Kier molecular flexibility index (Phi) is 9.65. The van der Waals surface area contributed by atoms with E-state index in [1.807, 2.05) is 19.1 Å². The van der Waals surface area contributed by atoms with Crippen LogP contribution in [0.2, 0.25) is 0 Å². The van der Waals surface area contributed by atoms with Gasteiger partial charge in [0.25, 0.3) is 0 Å². The van der Waals surface area contributed by atoms with Crippen LogP contribution in [0.4, 0.5) is 0 Å². The van der Waals surface area contributed by atoms with Crippen molar-refractivity contribution in [1.82, 2.24) is 4.90 Å². The van der Waals surface area contributed by atoms with E-state index in [0.717, 1.165) is 31.5 Å². The van der Waals surface area contributed by atoms with Gasteiger partial charge in [-0.25, -0.2) is 0 Å². The topological polar surface area (TPSA) is 38.8 Å². The number of aryl methyl sites for hydroxylation is 1. The zero-order chi connectivity index (χ0) is 17.9. The molecule has 136 valence electrons. The minimum Gasteiger partial charge on any atom is -0.463 e. The SMILES string of the molecule is CCc1cccc(CC(=O)OCCOC(C)N(CC)CC)c1CC. The molecule has 0 aromatic heterocycles. The second-order valence-corrected chi connectivity index (χ2v) is 5.85. The summed E-state index contributed by atoms with van der Waals surface area (Å²) < 4.78 is 11.1. The molecule has 0 amide bonds. The van der Waals surface area contributed by atoms with E-state index in [0.29, 0.717) is 19.6 Å². The number of rotatable bonds is 11. The second-order valence-electron chi connectivity index (χ2n) is 5.85. The highest BCUT2D eigenvalue weighted by atomic mass is 16.6. The van der Waals surface area contributed by atoms with Crippen molar-refractivity contribution in [3.63, 3.8) is 0 Å². The molecule has 0 saturated carbocycles. The lowest BCUT2D eigenvalue weighted by Gasteiger charge is -2.26. The Labute approximate surface area is 147 Å². The van der Waals surface area contributed by atoms with Crippen molar-refractivity contribution in [2.75, 3.05) is 26.3 Å². The molecule has 1 aromatic carbocycles. The number of esters is 1. The van der Waals surface area contributed by atoms with Gasteiger partial charge in [0.05, 0.1) is 13.0 Å². The van der Waals surface area contributed by atoms with Gasteiger partial charge in [-0.05, 0) is 49.5 Å². The first-order valence-electron chi connectivity index (χ1n) is 9.18. The van der Waals surface area contributed by atoms with E-state index in [-0.39, 0.29) is 12.2 Å². The summed E-state index contributed by atoms with van der Waals surface area (Å²) in [6.45, 7) is 13.2. The van der Waals surface area contributed by atoms with Crippen LogP contribution in [-0.2, 0) is 33.5 Å². The molecule has 0 radical (unpaired) electrons. The number of ether oxygens (including phenoxy) is 2. The van der Waals surface area contributed by atoms with Crippen LogP contribution in [0.15, 0.2) is 18.2 Å². The second kappa shape index (κ2) is 11.2. The predicted octanol–water partition coefficient (Wildman–Crippen LogP) is 3.60. The lowest BCUT2D eigenvalue weighted by molar-refractivity contribution is -0.146. The zero-order valence-electron chi connectivity index (χ0n) is 15.9. The Morgan fingerprint density at radius 1 is 1.04 bits per heavy atom. The first-order chi connectivity index (χ1) is 11.6. The van der Waals surface area contributed by atoms with E-state index < -0.39 is 0 Å². The van der Waals surface area contributed by atoms with E-state index in [9.17, 15) is 4.79 Å². The van der Waals surface area contributed by atoms with Gasteiger partial charge in [-0.15, -0.1) is 0 Å². The van der Waals surface area contributed by atoms with E-state index >= 15 is 0 Å². The lowest BCUT2D eigenvalue weighted by atomic mass is 9.95. The van der Waals surface area contributed by atoms with Gasteiger partial charge in [-0.3, -0.25) is 9.69 Å². The van der Waals surface area contributed by atoms with Crippen LogP contribution in [0.1, 0.15) is 51.3 Å². The van der Waals surface area contributed by atoms with Gasteiger partial charge in [0.15, 0.2) is 0 Å². The van der Waals surface area contributed by atoms with Gasteiger partial charge >= 0.3 is 5.97 Å². The summed E-state index contributed by atoms with van der Waals surface area (Å²) in [6, 6.07) is 6.18. The van der Waals surface area contributed by atoms with Crippen LogP contribution < -0.4 is 0 Å². The molecule has 0 aliphatic carbocycles. The number of nitrogens with zero attached hydrogens (tertiary/aromatic N) is 1. The molecule has 1 aromatic rings. The summed E-state index contributed by atoms with van der Waals surface area (Å²) >= 11 is 0. The molecule has 4 nitrogen and oxygen atoms in total. The van der Waals surface area contributed by atoms with E-state index in [1.165, 1.54) is 11.1 Å².